The van der Waals surface area contributed by atoms with Crippen molar-refractivity contribution in [3.8, 4) is 0 Å². The molecule has 0 atom stereocenters. The van der Waals surface area contributed by atoms with Gasteiger partial charge in [0, 0.05) is 49.6 Å². The molecule has 0 saturated heterocycles. The molecule has 1 radical (unpaired) electrons. The van der Waals surface area contributed by atoms with Crippen LogP contribution in [0.3, 0.4) is 0 Å². The minimum atomic E-state index is -3.80. The molecular weight excluding hydrogens is 363 g/mol. The van der Waals surface area contributed by atoms with Gasteiger partial charge in [0.25, 0.3) is 10.1 Å². The number of aliphatic hydroxyl groups excluding tert-OH is 1. The van der Waals surface area contributed by atoms with E-state index < -0.39 is 10.1 Å². The van der Waals surface area contributed by atoms with Gasteiger partial charge in [-0.3, -0.25) is 4.55 Å². The second-order valence-corrected chi connectivity index (χ2v) is 3.16. The molecule has 15 heavy (non-hydrogen) atoms. The topological polar surface area (TPSA) is 127 Å². The summed E-state index contributed by atoms with van der Waals surface area (Å²) in [4.78, 5) is 0. The molecule has 0 bridgehead atoms. The fraction of sp³-hybridized carbons (Fsp3) is 1.00. The third kappa shape index (κ3) is 66.8. The van der Waals surface area contributed by atoms with Crippen LogP contribution in [0.4, 0.5) is 0 Å². The predicted octanol–water partition coefficient (Wildman–Crippen LogP) is -1.39. The van der Waals surface area contributed by atoms with Crippen molar-refractivity contribution in [2.24, 2.45) is 11.5 Å². The average Bonchev–Trinajstić information content (AvgIpc) is 1.86. The van der Waals surface area contributed by atoms with Crippen molar-refractivity contribution >= 4 is 34.9 Å². The molecule has 0 aromatic carbocycles. The number of hydrogen-bond donors (Lipinski definition) is 4. The van der Waals surface area contributed by atoms with Crippen LogP contribution >= 0.6 is 24.8 Å². The molecule has 11 heteroatoms. The Hall–Kier alpha value is 1.51. The van der Waals surface area contributed by atoms with Crippen molar-refractivity contribution in [1.82, 2.24) is 0 Å². The van der Waals surface area contributed by atoms with Gasteiger partial charge in [-0.25, -0.2) is 0 Å². The zero-order valence-electron chi connectivity index (χ0n) is 8.00. The monoisotopic (exact) mass is 377 g/mol. The van der Waals surface area contributed by atoms with E-state index in [2.05, 4.69) is 0 Å². The van der Waals surface area contributed by atoms with Crippen molar-refractivity contribution in [1.29, 1.82) is 0 Å². The Kier molecular flexibility index (Phi) is 59.1. The molecule has 0 rings (SSSR count). The summed E-state index contributed by atoms with van der Waals surface area (Å²) < 4.78 is 27.3. The molecule has 0 saturated carbocycles. The van der Waals surface area contributed by atoms with Crippen LogP contribution in [0, 0.1) is 0 Å². The van der Waals surface area contributed by atoms with Crippen LogP contribution in [0.25, 0.3) is 0 Å². The maximum atomic E-state index is 9.71. The van der Waals surface area contributed by atoms with Crippen molar-refractivity contribution < 1.29 is 54.6 Å². The second-order valence-electron chi connectivity index (χ2n) is 1.59. The summed E-state index contributed by atoms with van der Waals surface area (Å²) >= 11 is 0. The summed E-state index contributed by atoms with van der Waals surface area (Å²) in [6.07, 6.45) is 0. The Morgan fingerprint density at radius 2 is 1.33 bits per heavy atom. The van der Waals surface area contributed by atoms with Crippen molar-refractivity contribution in [2.45, 2.75) is 0 Å². The van der Waals surface area contributed by atoms with Crippen LogP contribution in [0.15, 0.2) is 0 Å². The molecule has 0 amide bonds. The number of nitrogens with two attached hydrogens (primary N) is 2. The van der Waals surface area contributed by atoms with Gasteiger partial charge in [-0.2, -0.15) is 8.42 Å². The summed E-state index contributed by atoms with van der Waals surface area (Å²) in [5, 5.41) is 7.75. The Labute approximate surface area is 126 Å². The molecule has 0 heterocycles. The quantitative estimate of drug-likeness (QED) is 0.353. The molecule has 0 fully saturated rings. The van der Waals surface area contributed by atoms with Crippen LogP contribution in [0.5, 0.6) is 0 Å². The molecule has 0 unspecified atom stereocenters. The van der Waals surface area contributed by atoms with Crippen LogP contribution in [-0.2, 0) is 46.7 Å². The van der Waals surface area contributed by atoms with E-state index in [9.17, 15) is 8.42 Å². The zero-order valence-corrected chi connectivity index (χ0v) is 14.6. The van der Waals surface area contributed by atoms with Gasteiger partial charge in [0.15, 0.2) is 0 Å². The summed E-state index contributed by atoms with van der Waals surface area (Å²) in [6, 6.07) is 0. The number of halogens is 2. The fourth-order valence-electron chi connectivity index (χ4n) is 0.149. The molecular formula is C4H16Cl2MnN2O4SZn. The SMILES string of the molecule is Cl.Cl.NCCO.NCCS(=O)(=O)O.[Mn].[Zn]. The minimum absolute atomic E-state index is 0. The molecule has 95 valence electrons. The molecule has 0 aliphatic rings. The molecule has 0 spiro atoms. The van der Waals surface area contributed by atoms with E-state index >= 15 is 0 Å². The van der Waals surface area contributed by atoms with Crippen molar-refractivity contribution in [3.63, 3.8) is 0 Å². The van der Waals surface area contributed by atoms with Gasteiger partial charge >= 0.3 is 0 Å². The fourth-order valence-corrected chi connectivity index (χ4v) is 0.447. The van der Waals surface area contributed by atoms with Crippen LogP contribution < -0.4 is 11.5 Å². The number of aliphatic hydroxyl groups is 1. The normalized spacial score (nSPS) is 7.47. The number of hydrogen-bond acceptors (Lipinski definition) is 5. The van der Waals surface area contributed by atoms with Gasteiger partial charge in [-0.1, -0.05) is 0 Å². The first-order valence-corrected chi connectivity index (χ1v) is 4.55. The maximum Gasteiger partial charge on any atom is 0.266 e. The molecule has 0 aliphatic carbocycles. The van der Waals surface area contributed by atoms with Gasteiger partial charge in [0.1, 0.15) is 0 Å². The summed E-state index contributed by atoms with van der Waals surface area (Å²) in [5.41, 5.74) is 9.55. The van der Waals surface area contributed by atoms with Gasteiger partial charge in [-0.05, 0) is 0 Å². The predicted molar refractivity (Wildman–Crippen MR) is 56.1 cm³/mol. The van der Waals surface area contributed by atoms with Crippen molar-refractivity contribution in [2.75, 3.05) is 25.4 Å². The Morgan fingerprint density at radius 1 is 1.07 bits per heavy atom. The van der Waals surface area contributed by atoms with E-state index in [-0.39, 0.29) is 80.3 Å². The molecule has 0 aliphatic heterocycles. The van der Waals surface area contributed by atoms with E-state index in [1.165, 1.54) is 0 Å². The van der Waals surface area contributed by atoms with Gasteiger partial charge in [-0.15, -0.1) is 24.8 Å². The van der Waals surface area contributed by atoms with Gasteiger partial charge < -0.3 is 16.6 Å². The minimum Gasteiger partial charge on any atom is -0.395 e. The standard InChI is InChI=1S/C2H7NO3S.C2H7NO.2ClH.Mn.Zn/c3-1-2-7(4,5)6;3-1-2-4;;;;/h1-3H2,(H,4,5,6);4H,1-3H2;2*1H;;. The first-order chi connectivity index (χ1) is 4.97. The first kappa shape index (κ1) is 36.0. The Morgan fingerprint density at radius 3 is 1.33 bits per heavy atom. The van der Waals surface area contributed by atoms with Gasteiger partial charge in [0.2, 0.25) is 0 Å². The Balaban J connectivity index is -0.0000000230. The third-order valence-electron chi connectivity index (χ3n) is 0.505. The van der Waals surface area contributed by atoms with E-state index in [0.29, 0.717) is 6.54 Å². The van der Waals surface area contributed by atoms with Crippen molar-refractivity contribution in [3.05, 3.63) is 0 Å². The van der Waals surface area contributed by atoms with E-state index in [1.807, 2.05) is 0 Å². The van der Waals surface area contributed by atoms with E-state index in [1.54, 1.807) is 0 Å². The second kappa shape index (κ2) is 24.7. The maximum absolute atomic E-state index is 9.71. The average molecular weight is 379 g/mol. The zero-order chi connectivity index (χ0) is 9.33. The van der Waals surface area contributed by atoms with Crippen LogP contribution in [0.1, 0.15) is 0 Å². The smallest absolute Gasteiger partial charge is 0.266 e. The van der Waals surface area contributed by atoms with E-state index in [0.717, 1.165) is 0 Å². The summed E-state index contributed by atoms with van der Waals surface area (Å²) in [7, 11) is -3.80. The molecule has 6 N–H and O–H groups in total. The molecule has 0 aromatic heterocycles. The first-order valence-electron chi connectivity index (χ1n) is 2.94. The van der Waals surface area contributed by atoms with Crippen LogP contribution in [-0.4, -0.2) is 43.5 Å². The summed E-state index contributed by atoms with van der Waals surface area (Å²) in [6.45, 7) is 0.443. The summed E-state index contributed by atoms with van der Waals surface area (Å²) in [5.74, 6) is -0.354. The van der Waals surface area contributed by atoms with E-state index in [4.69, 9.17) is 21.1 Å². The molecule has 6 nitrogen and oxygen atoms in total. The third-order valence-corrected chi connectivity index (χ3v) is 1.26. The van der Waals surface area contributed by atoms with Gasteiger partial charge in [0.05, 0.1) is 12.4 Å². The Bertz CT molecular complexity index is 172. The largest absolute Gasteiger partial charge is 0.395 e. The van der Waals surface area contributed by atoms with Crippen LogP contribution in [0.2, 0.25) is 0 Å². The number of rotatable bonds is 3. The molecule has 0 aromatic rings.